The number of aryl methyl sites for hydroxylation is 2. The van der Waals surface area contributed by atoms with Crippen molar-refractivity contribution in [1.29, 1.82) is 0 Å². The van der Waals surface area contributed by atoms with Gasteiger partial charge in [-0.3, -0.25) is 0 Å². The first kappa shape index (κ1) is 27.9. The van der Waals surface area contributed by atoms with Gasteiger partial charge in [-0.2, -0.15) is 0 Å². The van der Waals surface area contributed by atoms with E-state index >= 15 is 0 Å². The molecule has 0 saturated carbocycles. The van der Waals surface area contributed by atoms with E-state index in [9.17, 15) is 0 Å². The maximum absolute atomic E-state index is 2.42. The Bertz CT molecular complexity index is 2690. The van der Waals surface area contributed by atoms with Crippen LogP contribution in [0.1, 0.15) is 18.1 Å². The number of hydrogen-bond acceptors (Lipinski definition) is 0. The second-order valence-electron chi connectivity index (χ2n) is 13.2. The Hall–Kier alpha value is -5.40. The van der Waals surface area contributed by atoms with E-state index in [-0.39, 0.29) is 6.71 Å². The van der Waals surface area contributed by atoms with Gasteiger partial charge >= 0.3 is 0 Å². The van der Waals surface area contributed by atoms with Crippen molar-refractivity contribution in [2.45, 2.75) is 27.6 Å². The van der Waals surface area contributed by atoms with Crippen molar-refractivity contribution >= 4 is 77.6 Å². The summed E-state index contributed by atoms with van der Waals surface area (Å²) in [7, 11) is 0. The lowest BCUT2D eigenvalue weighted by molar-refractivity contribution is 1.55. The predicted molar refractivity (Wildman–Crippen MR) is 208 cm³/mol. The number of rotatable bonds is 4. The van der Waals surface area contributed by atoms with Gasteiger partial charge in [0.1, 0.15) is 0 Å². The molecule has 0 aliphatic heterocycles. The van der Waals surface area contributed by atoms with Crippen molar-refractivity contribution in [3.8, 4) is 22.3 Å². The molecule has 47 heavy (non-hydrogen) atoms. The molecule has 0 heterocycles. The van der Waals surface area contributed by atoms with Gasteiger partial charge in [-0.1, -0.05) is 157 Å². The van der Waals surface area contributed by atoms with Crippen molar-refractivity contribution in [1.82, 2.24) is 0 Å². The Labute approximate surface area is 276 Å². The molecule has 0 aromatic heterocycles. The zero-order valence-electron chi connectivity index (χ0n) is 27.4. The van der Waals surface area contributed by atoms with Crippen LogP contribution in [0.3, 0.4) is 0 Å². The Morgan fingerprint density at radius 3 is 1.60 bits per heavy atom. The smallest absolute Gasteiger partial charge is 0.0803 e. The average Bonchev–Trinajstić information content (AvgIpc) is 3.62. The van der Waals surface area contributed by atoms with E-state index in [1.807, 2.05) is 0 Å². The molecule has 9 aromatic rings. The summed E-state index contributed by atoms with van der Waals surface area (Å²) >= 11 is 0. The highest BCUT2D eigenvalue weighted by atomic mass is 14.3. The van der Waals surface area contributed by atoms with Crippen molar-refractivity contribution in [2.75, 3.05) is 0 Å². The molecule has 0 atom stereocenters. The molecule has 0 saturated heterocycles. The van der Waals surface area contributed by atoms with E-state index in [0.29, 0.717) is 0 Å². The normalized spacial score (nSPS) is 12.4. The molecule has 9 aromatic carbocycles. The molecule has 9 rings (SSSR count). The van der Waals surface area contributed by atoms with Crippen LogP contribution < -0.4 is 16.1 Å². The van der Waals surface area contributed by atoms with Gasteiger partial charge in [-0.15, -0.1) is 0 Å². The highest BCUT2D eigenvalue weighted by molar-refractivity contribution is 6.84. The van der Waals surface area contributed by atoms with E-state index in [0.717, 1.165) is 0 Å². The lowest BCUT2D eigenvalue weighted by atomic mass is 9.42. The molecule has 1 heteroatoms. The third kappa shape index (κ3) is 3.90. The molecule has 0 aliphatic carbocycles. The maximum atomic E-state index is 2.42. The van der Waals surface area contributed by atoms with Gasteiger partial charge in [0.05, 0.1) is 0 Å². The van der Waals surface area contributed by atoms with Crippen LogP contribution in [0.25, 0.3) is 82.2 Å². The van der Waals surface area contributed by atoms with Crippen LogP contribution in [-0.2, 0) is 0 Å². The van der Waals surface area contributed by atoms with Gasteiger partial charge in [0.2, 0.25) is 6.71 Å². The lowest BCUT2D eigenvalue weighted by Crippen LogP contribution is -2.47. The van der Waals surface area contributed by atoms with Gasteiger partial charge in [-0.25, -0.2) is 0 Å². The summed E-state index contributed by atoms with van der Waals surface area (Å²) in [6, 6.07) is 49.6. The fraction of sp³-hybridized carbons (Fsp3) is 0.0870. The van der Waals surface area contributed by atoms with Gasteiger partial charge in [0, 0.05) is 0 Å². The van der Waals surface area contributed by atoms with Crippen molar-refractivity contribution in [2.24, 2.45) is 0 Å². The van der Waals surface area contributed by atoms with Crippen LogP contribution in [-0.4, -0.2) is 6.71 Å². The molecule has 0 N–H and O–H groups in total. The summed E-state index contributed by atoms with van der Waals surface area (Å²) in [5, 5.41) is 15.0. The molecule has 0 nitrogen and oxygen atoms in total. The SMILES string of the molecule is C/C=c1/c(B(C)c2ccccc2)ccc2c1c(C)c1c(-c3ccccc3)c3c4cccc5c(C)ccc(c3c(-c3ccccc3)c12)c54. The van der Waals surface area contributed by atoms with Crippen molar-refractivity contribution in [3.63, 3.8) is 0 Å². The zero-order chi connectivity index (χ0) is 31.8. The topological polar surface area (TPSA) is 0 Å². The summed E-state index contributed by atoms with van der Waals surface area (Å²) in [5.74, 6) is 0. The second kappa shape index (κ2) is 10.6. The molecule has 0 aliphatic rings. The first-order valence-corrected chi connectivity index (χ1v) is 16.8. The molecule has 0 fully saturated rings. The minimum absolute atomic E-state index is 0.282. The van der Waals surface area contributed by atoms with Gasteiger partial charge in [0.15, 0.2) is 0 Å². The molecule has 0 bridgehead atoms. The van der Waals surface area contributed by atoms with E-state index in [1.54, 1.807) is 0 Å². The number of hydrogen-bond donors (Lipinski definition) is 0. The Morgan fingerprint density at radius 2 is 0.957 bits per heavy atom. The lowest BCUT2D eigenvalue weighted by Gasteiger charge is -2.16. The van der Waals surface area contributed by atoms with Gasteiger partial charge in [-0.05, 0) is 113 Å². The van der Waals surface area contributed by atoms with Crippen molar-refractivity contribution < 1.29 is 0 Å². The fourth-order valence-corrected chi connectivity index (χ4v) is 8.67. The third-order valence-corrected chi connectivity index (χ3v) is 10.8. The molecular formula is C46H35B. The summed E-state index contributed by atoms with van der Waals surface area (Å²) in [5.41, 5.74) is 10.7. The summed E-state index contributed by atoms with van der Waals surface area (Å²) in [6.45, 7) is 9.45. The van der Waals surface area contributed by atoms with Crippen LogP contribution in [0.15, 0.2) is 133 Å². The highest BCUT2D eigenvalue weighted by Gasteiger charge is 2.28. The number of fused-ring (bicyclic) bond motifs is 6. The Morgan fingerprint density at radius 1 is 0.447 bits per heavy atom. The summed E-state index contributed by atoms with van der Waals surface area (Å²) in [6.07, 6.45) is 2.35. The fourth-order valence-electron chi connectivity index (χ4n) is 8.67. The molecular weight excluding hydrogens is 563 g/mol. The molecule has 0 radical (unpaired) electrons. The summed E-state index contributed by atoms with van der Waals surface area (Å²) in [4.78, 5) is 0. The van der Waals surface area contributed by atoms with Crippen LogP contribution >= 0.6 is 0 Å². The molecule has 0 unspecified atom stereocenters. The first-order chi connectivity index (χ1) is 23.1. The number of benzene rings is 7. The standard InChI is InChI=1S/C46H35B/c1-5-33-38(47(4)32-20-13-8-14-21-32)27-26-36-39(33)29(3)40-41(30-16-9-6-10-17-30)45-35-23-15-22-34-28(2)24-25-37(43(34)35)46(45)42(44(36)40)31-18-11-7-12-19-31/h5-27H,1-4H3/b33-5-. The van der Waals surface area contributed by atoms with Crippen LogP contribution in [0.4, 0.5) is 0 Å². The van der Waals surface area contributed by atoms with E-state index < -0.39 is 0 Å². The average molecular weight is 599 g/mol. The maximum Gasteiger partial charge on any atom is 0.207 e. The first-order valence-electron chi connectivity index (χ1n) is 16.8. The molecule has 222 valence electrons. The van der Waals surface area contributed by atoms with Crippen LogP contribution in [0, 0.1) is 13.8 Å². The van der Waals surface area contributed by atoms with E-state index in [1.165, 1.54) is 103 Å². The molecule has 0 spiro atoms. The largest absolute Gasteiger partial charge is 0.207 e. The van der Waals surface area contributed by atoms with Crippen LogP contribution in [0.2, 0.25) is 6.82 Å². The minimum atomic E-state index is 0.282. The van der Waals surface area contributed by atoms with Gasteiger partial charge < -0.3 is 0 Å². The quantitative estimate of drug-likeness (QED) is 0.177. The predicted octanol–water partition coefficient (Wildman–Crippen LogP) is 10.6. The van der Waals surface area contributed by atoms with Crippen molar-refractivity contribution in [3.05, 3.63) is 150 Å². The Balaban J connectivity index is 1.58. The second-order valence-corrected chi connectivity index (χ2v) is 13.2. The summed E-state index contributed by atoms with van der Waals surface area (Å²) < 4.78 is 0. The van der Waals surface area contributed by atoms with E-state index in [4.69, 9.17) is 0 Å². The van der Waals surface area contributed by atoms with E-state index in [2.05, 4.69) is 167 Å². The van der Waals surface area contributed by atoms with Gasteiger partial charge in [0.25, 0.3) is 0 Å². The minimum Gasteiger partial charge on any atom is -0.0803 e. The third-order valence-electron chi connectivity index (χ3n) is 10.8. The Kier molecular flexibility index (Phi) is 6.27. The molecule has 0 amide bonds. The monoisotopic (exact) mass is 598 g/mol. The zero-order valence-corrected chi connectivity index (χ0v) is 27.4. The van der Waals surface area contributed by atoms with Crippen LogP contribution in [0.5, 0.6) is 0 Å². The highest BCUT2D eigenvalue weighted by Crippen LogP contribution is 2.54.